The molecule has 0 saturated carbocycles. The number of imide groups is 1. The van der Waals surface area contributed by atoms with Gasteiger partial charge in [0.2, 0.25) is 0 Å². The Morgan fingerprint density at radius 3 is 2.15 bits per heavy atom. The number of thioether (sulfide) groups is 1. The Balaban J connectivity index is 1.45. The van der Waals surface area contributed by atoms with Crippen molar-refractivity contribution in [2.24, 2.45) is 0 Å². The fraction of sp³-hybridized carbons (Fsp3) is 0.0833. The third-order valence-electron chi connectivity index (χ3n) is 4.86. The largest absolute Gasteiger partial charge is 0.497 e. The molecular weight excluding hydrogens is 481 g/mol. The number of rotatable bonds is 7. The zero-order valence-electron chi connectivity index (χ0n) is 17.8. The number of carbonyl (C=O) groups excluding carboxylic acids is 2. The molecule has 1 aliphatic heterocycles. The molecule has 2 amide bonds. The molecule has 0 bridgehead atoms. The van der Waals surface area contributed by atoms with Gasteiger partial charge in [0.05, 0.1) is 18.6 Å². The van der Waals surface area contributed by atoms with Gasteiger partial charge in [0.1, 0.15) is 22.2 Å². The average molecular weight is 500 g/mol. The normalized spacial score (nSPS) is 15.1. The minimum atomic E-state index is -4.03. The Kier molecular flexibility index (Phi) is 6.71. The van der Waals surface area contributed by atoms with E-state index in [1.54, 1.807) is 12.1 Å². The van der Waals surface area contributed by atoms with Gasteiger partial charge in [-0.1, -0.05) is 24.3 Å². The van der Waals surface area contributed by atoms with Crippen LogP contribution in [-0.2, 0) is 21.5 Å². The van der Waals surface area contributed by atoms with Crippen molar-refractivity contribution < 1.29 is 31.3 Å². The first-order valence-electron chi connectivity index (χ1n) is 9.93. The SMILES string of the molecule is COc1ccc(S(=O)(=O)Oc2ccc(/C=C3\SC(=O)N(Cc4ccc(F)cc4)C3=O)cc2)cc1. The van der Waals surface area contributed by atoms with Crippen molar-refractivity contribution in [3.8, 4) is 11.5 Å². The van der Waals surface area contributed by atoms with Crippen LogP contribution in [0.3, 0.4) is 0 Å². The van der Waals surface area contributed by atoms with Crippen LogP contribution in [0, 0.1) is 5.82 Å². The molecule has 4 rings (SSSR count). The molecule has 34 heavy (non-hydrogen) atoms. The first-order chi connectivity index (χ1) is 16.2. The Bertz CT molecular complexity index is 1350. The van der Waals surface area contributed by atoms with Gasteiger partial charge >= 0.3 is 10.1 Å². The Hall–Kier alpha value is -3.63. The van der Waals surface area contributed by atoms with Gasteiger partial charge in [-0.25, -0.2) is 4.39 Å². The number of ether oxygens (including phenoxy) is 1. The zero-order chi connectivity index (χ0) is 24.3. The van der Waals surface area contributed by atoms with E-state index < -0.39 is 27.1 Å². The van der Waals surface area contributed by atoms with Crippen LogP contribution in [-0.4, -0.2) is 31.6 Å². The van der Waals surface area contributed by atoms with Gasteiger partial charge in [-0.2, -0.15) is 8.42 Å². The third kappa shape index (κ3) is 5.29. The summed E-state index contributed by atoms with van der Waals surface area (Å²) >= 11 is 0.801. The molecule has 174 valence electrons. The van der Waals surface area contributed by atoms with Crippen LogP contribution in [0.5, 0.6) is 11.5 Å². The second-order valence-electron chi connectivity index (χ2n) is 7.18. The number of amides is 2. The van der Waals surface area contributed by atoms with Crippen LogP contribution >= 0.6 is 11.8 Å². The summed E-state index contributed by atoms with van der Waals surface area (Å²) < 4.78 is 48.2. The zero-order valence-corrected chi connectivity index (χ0v) is 19.4. The second-order valence-corrected chi connectivity index (χ2v) is 9.72. The topological polar surface area (TPSA) is 90.0 Å². The smallest absolute Gasteiger partial charge is 0.339 e. The highest BCUT2D eigenvalue weighted by molar-refractivity contribution is 8.18. The molecule has 0 spiro atoms. The number of carbonyl (C=O) groups is 2. The van der Waals surface area contributed by atoms with Gasteiger partial charge in [-0.05, 0) is 77.5 Å². The predicted octanol–water partition coefficient (Wildman–Crippen LogP) is 4.84. The lowest BCUT2D eigenvalue weighted by atomic mass is 10.2. The molecule has 10 heteroatoms. The molecule has 0 aliphatic carbocycles. The van der Waals surface area contributed by atoms with Crippen LogP contribution in [0.4, 0.5) is 9.18 Å². The minimum absolute atomic E-state index is 0.0211. The van der Waals surface area contributed by atoms with E-state index in [9.17, 15) is 22.4 Å². The summed E-state index contributed by atoms with van der Waals surface area (Å²) in [4.78, 5) is 26.3. The van der Waals surface area contributed by atoms with Crippen LogP contribution in [0.1, 0.15) is 11.1 Å². The van der Waals surface area contributed by atoms with E-state index in [2.05, 4.69) is 0 Å². The summed E-state index contributed by atoms with van der Waals surface area (Å²) in [5.41, 5.74) is 1.21. The molecule has 0 atom stereocenters. The van der Waals surface area contributed by atoms with Gasteiger partial charge in [0.25, 0.3) is 11.1 Å². The van der Waals surface area contributed by atoms with Crippen LogP contribution in [0.15, 0.2) is 82.6 Å². The van der Waals surface area contributed by atoms with Crippen molar-refractivity contribution in [3.63, 3.8) is 0 Å². The standard InChI is InChI=1S/C24H18FNO6S2/c1-31-19-10-12-21(13-11-19)34(29,30)32-20-8-4-16(5-9-20)14-22-23(27)26(24(28)33-22)15-17-2-6-18(25)7-3-17/h2-14H,15H2,1H3/b22-14-. The molecule has 1 saturated heterocycles. The number of benzene rings is 3. The molecule has 3 aromatic rings. The van der Waals surface area contributed by atoms with Gasteiger partial charge in [0, 0.05) is 0 Å². The van der Waals surface area contributed by atoms with Crippen molar-refractivity contribution in [3.05, 3.63) is 94.6 Å². The van der Waals surface area contributed by atoms with E-state index in [4.69, 9.17) is 8.92 Å². The summed E-state index contributed by atoms with van der Waals surface area (Å²) in [5, 5.41) is -0.425. The molecule has 3 aromatic carbocycles. The van der Waals surface area contributed by atoms with Crippen LogP contribution < -0.4 is 8.92 Å². The molecular formula is C24H18FNO6S2. The Morgan fingerprint density at radius 1 is 0.912 bits per heavy atom. The molecule has 7 nitrogen and oxygen atoms in total. The van der Waals surface area contributed by atoms with Gasteiger partial charge in [-0.15, -0.1) is 0 Å². The first-order valence-corrected chi connectivity index (χ1v) is 12.2. The lowest BCUT2D eigenvalue weighted by molar-refractivity contribution is -0.123. The molecule has 0 unspecified atom stereocenters. The van der Waals surface area contributed by atoms with E-state index in [0.29, 0.717) is 16.9 Å². The number of nitrogens with zero attached hydrogens (tertiary/aromatic N) is 1. The average Bonchev–Trinajstić information content (AvgIpc) is 3.09. The Morgan fingerprint density at radius 2 is 1.53 bits per heavy atom. The van der Waals surface area contributed by atoms with E-state index >= 15 is 0 Å². The fourth-order valence-corrected chi connectivity index (χ4v) is 4.87. The highest BCUT2D eigenvalue weighted by atomic mass is 32.2. The molecule has 0 N–H and O–H groups in total. The van der Waals surface area contributed by atoms with E-state index in [0.717, 1.165) is 16.7 Å². The highest BCUT2D eigenvalue weighted by Crippen LogP contribution is 2.33. The lowest BCUT2D eigenvalue weighted by Gasteiger charge is -2.12. The molecule has 0 aromatic heterocycles. The Labute approximate surface area is 199 Å². The van der Waals surface area contributed by atoms with Crippen molar-refractivity contribution in [1.29, 1.82) is 0 Å². The van der Waals surface area contributed by atoms with E-state index in [1.807, 2.05) is 0 Å². The summed E-state index contributed by atoms with van der Waals surface area (Å²) in [6.45, 7) is 0.0400. The quantitative estimate of drug-likeness (QED) is 0.339. The molecule has 1 fully saturated rings. The predicted molar refractivity (Wildman–Crippen MR) is 125 cm³/mol. The third-order valence-corrected chi connectivity index (χ3v) is 7.03. The lowest BCUT2D eigenvalue weighted by Crippen LogP contribution is -2.27. The maximum absolute atomic E-state index is 13.1. The van der Waals surface area contributed by atoms with Crippen molar-refractivity contribution in [2.75, 3.05) is 7.11 Å². The number of hydrogen-bond donors (Lipinski definition) is 0. The number of hydrogen-bond acceptors (Lipinski definition) is 7. The van der Waals surface area contributed by atoms with E-state index in [1.165, 1.54) is 73.8 Å². The van der Waals surface area contributed by atoms with Gasteiger partial charge in [-0.3, -0.25) is 14.5 Å². The molecule has 1 aliphatic rings. The minimum Gasteiger partial charge on any atom is -0.497 e. The van der Waals surface area contributed by atoms with E-state index in [-0.39, 0.29) is 22.1 Å². The summed E-state index contributed by atoms with van der Waals surface area (Å²) in [5.74, 6) is -0.244. The summed E-state index contributed by atoms with van der Waals surface area (Å²) in [6.07, 6.45) is 1.54. The monoisotopic (exact) mass is 499 g/mol. The summed E-state index contributed by atoms with van der Waals surface area (Å²) in [6, 6.07) is 17.4. The second kappa shape index (κ2) is 9.70. The van der Waals surface area contributed by atoms with Crippen molar-refractivity contribution >= 4 is 39.1 Å². The van der Waals surface area contributed by atoms with Crippen molar-refractivity contribution in [2.45, 2.75) is 11.4 Å². The maximum atomic E-state index is 13.1. The molecule has 1 heterocycles. The number of halogens is 1. The number of methoxy groups -OCH3 is 1. The van der Waals surface area contributed by atoms with Crippen LogP contribution in [0.2, 0.25) is 0 Å². The van der Waals surface area contributed by atoms with Gasteiger partial charge in [0.15, 0.2) is 0 Å². The van der Waals surface area contributed by atoms with Gasteiger partial charge < -0.3 is 8.92 Å². The molecule has 0 radical (unpaired) electrons. The van der Waals surface area contributed by atoms with Crippen molar-refractivity contribution in [1.82, 2.24) is 4.90 Å². The highest BCUT2D eigenvalue weighted by Gasteiger charge is 2.35. The fourth-order valence-electron chi connectivity index (χ4n) is 3.10. The summed E-state index contributed by atoms with van der Waals surface area (Å²) in [7, 11) is -2.55. The van der Waals surface area contributed by atoms with Crippen LogP contribution in [0.25, 0.3) is 6.08 Å². The maximum Gasteiger partial charge on any atom is 0.339 e. The first kappa shape index (κ1) is 23.5.